The van der Waals surface area contributed by atoms with Crippen LogP contribution >= 0.6 is 0 Å². The first-order valence-electron chi connectivity index (χ1n) is 10.1. The molecule has 144 valence electrons. The van der Waals surface area contributed by atoms with Crippen molar-refractivity contribution in [2.24, 2.45) is 0 Å². The minimum Gasteiger partial charge on any atom is -0.348 e. The predicted octanol–water partition coefficient (Wildman–Crippen LogP) is 2.40. The molecule has 1 aliphatic carbocycles. The summed E-state index contributed by atoms with van der Waals surface area (Å²) in [4.78, 5) is 19.8. The van der Waals surface area contributed by atoms with E-state index in [4.69, 9.17) is 0 Å². The Morgan fingerprint density at radius 2 is 1.96 bits per heavy atom. The SMILES string of the molecule is Cc1c(C(=O)NC2CCCN(C3Cc4ccccc4C3)C2)cnc2ccnn12. The Morgan fingerprint density at radius 3 is 2.75 bits per heavy atom. The second kappa shape index (κ2) is 7.02. The Hall–Kier alpha value is -2.73. The molecule has 6 nitrogen and oxygen atoms in total. The zero-order valence-electron chi connectivity index (χ0n) is 16.1. The van der Waals surface area contributed by atoms with Gasteiger partial charge in [-0.1, -0.05) is 24.3 Å². The van der Waals surface area contributed by atoms with Gasteiger partial charge in [-0.2, -0.15) is 5.10 Å². The fourth-order valence-electron chi connectivity index (χ4n) is 4.73. The number of aromatic nitrogens is 3. The Kier molecular flexibility index (Phi) is 4.36. The van der Waals surface area contributed by atoms with Crippen LogP contribution in [0.2, 0.25) is 0 Å². The molecule has 0 radical (unpaired) electrons. The molecule has 3 heterocycles. The number of likely N-dealkylation sites (tertiary alicyclic amines) is 1. The zero-order valence-corrected chi connectivity index (χ0v) is 16.1. The average Bonchev–Trinajstić information content (AvgIpc) is 3.35. The van der Waals surface area contributed by atoms with Gasteiger partial charge in [-0.25, -0.2) is 9.50 Å². The van der Waals surface area contributed by atoms with Gasteiger partial charge in [-0.05, 0) is 50.3 Å². The van der Waals surface area contributed by atoms with Crippen molar-refractivity contribution >= 4 is 11.6 Å². The number of hydrogen-bond donors (Lipinski definition) is 1. The quantitative estimate of drug-likeness (QED) is 0.764. The van der Waals surface area contributed by atoms with Gasteiger partial charge in [0.25, 0.3) is 5.91 Å². The standard InChI is InChI=1S/C22H25N5O/c1-15-20(13-23-21-8-9-24-27(15)21)22(28)25-18-7-4-10-26(14-18)19-11-16-5-2-3-6-17(16)12-19/h2-3,5-6,8-9,13,18-19H,4,7,10-12,14H2,1H3,(H,25,28). The van der Waals surface area contributed by atoms with Crippen molar-refractivity contribution in [3.8, 4) is 0 Å². The fourth-order valence-corrected chi connectivity index (χ4v) is 4.73. The first kappa shape index (κ1) is 17.4. The highest BCUT2D eigenvalue weighted by atomic mass is 16.1. The molecular formula is C22H25N5O. The minimum absolute atomic E-state index is 0.0519. The summed E-state index contributed by atoms with van der Waals surface area (Å²) in [5.74, 6) is -0.0519. The number of nitrogens with one attached hydrogen (secondary N) is 1. The van der Waals surface area contributed by atoms with Crippen molar-refractivity contribution < 1.29 is 4.79 Å². The summed E-state index contributed by atoms with van der Waals surface area (Å²) < 4.78 is 1.72. The molecule has 2 aliphatic rings. The van der Waals surface area contributed by atoms with E-state index in [1.165, 1.54) is 11.1 Å². The lowest BCUT2D eigenvalue weighted by Gasteiger charge is -2.37. The molecule has 28 heavy (non-hydrogen) atoms. The molecule has 0 bridgehead atoms. The lowest BCUT2D eigenvalue weighted by molar-refractivity contribution is 0.0875. The Labute approximate surface area is 164 Å². The van der Waals surface area contributed by atoms with Crippen LogP contribution in [0.4, 0.5) is 0 Å². The number of carbonyl (C=O) groups is 1. The van der Waals surface area contributed by atoms with E-state index in [0.717, 1.165) is 50.1 Å². The molecule has 6 heteroatoms. The number of aryl methyl sites for hydroxylation is 1. The summed E-state index contributed by atoms with van der Waals surface area (Å²) in [5.41, 5.74) is 5.15. The van der Waals surface area contributed by atoms with Crippen molar-refractivity contribution in [3.05, 3.63) is 65.1 Å². The van der Waals surface area contributed by atoms with Gasteiger partial charge >= 0.3 is 0 Å². The molecule has 2 aromatic heterocycles. The van der Waals surface area contributed by atoms with E-state index in [1.807, 2.05) is 13.0 Å². The highest BCUT2D eigenvalue weighted by Crippen LogP contribution is 2.27. The van der Waals surface area contributed by atoms with Crippen LogP contribution in [0.1, 0.15) is 40.0 Å². The van der Waals surface area contributed by atoms with E-state index in [0.29, 0.717) is 11.6 Å². The molecule has 1 unspecified atom stereocenters. The van der Waals surface area contributed by atoms with Gasteiger partial charge in [0.15, 0.2) is 5.65 Å². The number of nitrogens with zero attached hydrogens (tertiary/aromatic N) is 4. The first-order chi connectivity index (χ1) is 13.7. The van der Waals surface area contributed by atoms with Gasteiger partial charge in [0, 0.05) is 30.9 Å². The van der Waals surface area contributed by atoms with Crippen LogP contribution in [-0.4, -0.2) is 50.6 Å². The minimum atomic E-state index is -0.0519. The summed E-state index contributed by atoms with van der Waals surface area (Å²) in [6.45, 7) is 3.95. The molecule has 1 saturated heterocycles. The maximum absolute atomic E-state index is 12.9. The van der Waals surface area contributed by atoms with Crippen molar-refractivity contribution in [3.63, 3.8) is 0 Å². The number of rotatable bonds is 3. The summed E-state index contributed by atoms with van der Waals surface area (Å²) in [6.07, 6.45) is 7.75. The summed E-state index contributed by atoms with van der Waals surface area (Å²) >= 11 is 0. The van der Waals surface area contributed by atoms with Gasteiger partial charge in [-0.3, -0.25) is 9.69 Å². The molecule has 3 aromatic rings. The smallest absolute Gasteiger partial charge is 0.254 e. The molecule has 1 amide bonds. The summed E-state index contributed by atoms with van der Waals surface area (Å²) in [5, 5.41) is 7.50. The molecule has 1 aromatic carbocycles. The molecule has 1 fully saturated rings. The van der Waals surface area contributed by atoms with Crippen LogP contribution in [0.5, 0.6) is 0 Å². The number of hydrogen-bond acceptors (Lipinski definition) is 4. The van der Waals surface area contributed by atoms with Gasteiger partial charge in [-0.15, -0.1) is 0 Å². The monoisotopic (exact) mass is 375 g/mol. The summed E-state index contributed by atoms with van der Waals surface area (Å²) in [7, 11) is 0. The van der Waals surface area contributed by atoms with Crippen LogP contribution < -0.4 is 5.32 Å². The van der Waals surface area contributed by atoms with Gasteiger partial charge in [0.05, 0.1) is 17.5 Å². The van der Waals surface area contributed by atoms with Crippen molar-refractivity contribution in [2.45, 2.75) is 44.7 Å². The fraction of sp³-hybridized carbons (Fsp3) is 0.409. The third-order valence-electron chi connectivity index (χ3n) is 6.23. The van der Waals surface area contributed by atoms with E-state index in [1.54, 1.807) is 16.9 Å². The normalized spacial score (nSPS) is 20.4. The molecule has 1 atom stereocenters. The number of piperidine rings is 1. The van der Waals surface area contributed by atoms with Crippen molar-refractivity contribution in [1.29, 1.82) is 0 Å². The Morgan fingerprint density at radius 1 is 1.18 bits per heavy atom. The lowest BCUT2D eigenvalue weighted by Crippen LogP contribution is -2.51. The maximum Gasteiger partial charge on any atom is 0.254 e. The van der Waals surface area contributed by atoms with Crippen LogP contribution in [0.3, 0.4) is 0 Å². The highest BCUT2D eigenvalue weighted by molar-refractivity contribution is 5.95. The Bertz CT molecular complexity index is 1000. The zero-order chi connectivity index (χ0) is 19.1. The molecule has 0 saturated carbocycles. The van der Waals surface area contributed by atoms with Gasteiger partial charge < -0.3 is 5.32 Å². The van der Waals surface area contributed by atoms with Crippen LogP contribution in [0.15, 0.2) is 42.7 Å². The molecular weight excluding hydrogens is 350 g/mol. The molecule has 1 aliphatic heterocycles. The van der Waals surface area contributed by atoms with E-state index < -0.39 is 0 Å². The van der Waals surface area contributed by atoms with Crippen LogP contribution in [-0.2, 0) is 12.8 Å². The average molecular weight is 375 g/mol. The molecule has 5 rings (SSSR count). The first-order valence-corrected chi connectivity index (χ1v) is 10.1. The number of amides is 1. The van der Waals surface area contributed by atoms with Gasteiger partial charge in [0.2, 0.25) is 0 Å². The predicted molar refractivity (Wildman–Crippen MR) is 107 cm³/mol. The van der Waals surface area contributed by atoms with E-state index in [-0.39, 0.29) is 11.9 Å². The van der Waals surface area contributed by atoms with Crippen LogP contribution in [0, 0.1) is 6.92 Å². The van der Waals surface area contributed by atoms with E-state index in [2.05, 4.69) is 44.6 Å². The second-order valence-electron chi connectivity index (χ2n) is 8.00. The third-order valence-corrected chi connectivity index (χ3v) is 6.23. The second-order valence-corrected chi connectivity index (χ2v) is 8.00. The molecule has 0 spiro atoms. The topological polar surface area (TPSA) is 62.5 Å². The van der Waals surface area contributed by atoms with E-state index >= 15 is 0 Å². The number of fused-ring (bicyclic) bond motifs is 2. The highest BCUT2D eigenvalue weighted by Gasteiger charge is 2.31. The van der Waals surface area contributed by atoms with Crippen molar-refractivity contribution in [1.82, 2.24) is 24.8 Å². The number of benzene rings is 1. The largest absolute Gasteiger partial charge is 0.348 e. The van der Waals surface area contributed by atoms with Crippen LogP contribution in [0.25, 0.3) is 5.65 Å². The Balaban J connectivity index is 1.27. The van der Waals surface area contributed by atoms with Gasteiger partial charge in [0.1, 0.15) is 0 Å². The number of carbonyl (C=O) groups excluding carboxylic acids is 1. The van der Waals surface area contributed by atoms with E-state index in [9.17, 15) is 4.79 Å². The third kappa shape index (κ3) is 3.07. The molecule has 1 N–H and O–H groups in total. The maximum atomic E-state index is 12.9. The lowest BCUT2D eigenvalue weighted by atomic mass is 10.0. The van der Waals surface area contributed by atoms with Crippen molar-refractivity contribution in [2.75, 3.05) is 13.1 Å². The summed E-state index contributed by atoms with van der Waals surface area (Å²) in [6, 6.07) is 11.3.